The lowest BCUT2D eigenvalue weighted by Gasteiger charge is -2.34. The number of nitrogens with zero attached hydrogens (tertiary/aromatic N) is 4. The average Bonchev–Trinajstić information content (AvgIpc) is 2.85. The van der Waals surface area contributed by atoms with Gasteiger partial charge < -0.3 is 10.2 Å². The third-order valence-electron chi connectivity index (χ3n) is 5.57. The first-order valence-electron chi connectivity index (χ1n) is 10.9. The van der Waals surface area contributed by atoms with Gasteiger partial charge >= 0.3 is 0 Å². The Morgan fingerprint density at radius 3 is 2.12 bits per heavy atom. The van der Waals surface area contributed by atoms with E-state index in [1.807, 2.05) is 47.4 Å². The SMILES string of the molecule is CC(C)C(=O)Nc1ccc(S(=O)(=O)N2CCN(c3ccc(-c4ccccc4)nn3)CC2)cc1. The molecule has 4 rings (SSSR count). The van der Waals surface area contributed by atoms with Crippen LogP contribution in [0.15, 0.2) is 71.6 Å². The third-order valence-corrected chi connectivity index (χ3v) is 7.48. The van der Waals surface area contributed by atoms with Crippen LogP contribution in [0.4, 0.5) is 11.5 Å². The molecule has 0 bridgehead atoms. The van der Waals surface area contributed by atoms with Crippen LogP contribution in [-0.4, -0.2) is 55.0 Å². The molecule has 0 saturated carbocycles. The van der Waals surface area contributed by atoms with Crippen molar-refractivity contribution in [3.05, 3.63) is 66.7 Å². The average molecular weight is 466 g/mol. The number of piperazine rings is 1. The summed E-state index contributed by atoms with van der Waals surface area (Å²) in [7, 11) is -3.61. The number of amides is 1. The van der Waals surface area contributed by atoms with Gasteiger partial charge in [0.15, 0.2) is 5.82 Å². The van der Waals surface area contributed by atoms with Crippen molar-refractivity contribution >= 4 is 27.4 Å². The topological polar surface area (TPSA) is 95.5 Å². The quantitative estimate of drug-likeness (QED) is 0.600. The Kier molecular flexibility index (Phi) is 6.71. The van der Waals surface area contributed by atoms with Crippen molar-refractivity contribution in [2.24, 2.45) is 5.92 Å². The van der Waals surface area contributed by atoms with Gasteiger partial charge in [-0.3, -0.25) is 4.79 Å². The minimum Gasteiger partial charge on any atom is -0.352 e. The number of hydrogen-bond donors (Lipinski definition) is 1. The van der Waals surface area contributed by atoms with E-state index in [-0.39, 0.29) is 16.7 Å². The maximum absolute atomic E-state index is 13.1. The van der Waals surface area contributed by atoms with Crippen molar-refractivity contribution < 1.29 is 13.2 Å². The van der Waals surface area contributed by atoms with Crippen LogP contribution in [0.5, 0.6) is 0 Å². The van der Waals surface area contributed by atoms with Gasteiger partial charge in [0.05, 0.1) is 10.6 Å². The summed E-state index contributed by atoms with van der Waals surface area (Å²) in [5, 5.41) is 11.4. The monoisotopic (exact) mass is 465 g/mol. The summed E-state index contributed by atoms with van der Waals surface area (Å²) in [6.45, 7) is 5.38. The second-order valence-corrected chi connectivity index (χ2v) is 10.1. The molecule has 2 aromatic carbocycles. The molecule has 0 radical (unpaired) electrons. The Labute approximate surface area is 194 Å². The van der Waals surface area contributed by atoms with E-state index >= 15 is 0 Å². The zero-order valence-electron chi connectivity index (χ0n) is 18.7. The van der Waals surface area contributed by atoms with E-state index in [0.717, 1.165) is 17.1 Å². The van der Waals surface area contributed by atoms with E-state index < -0.39 is 10.0 Å². The van der Waals surface area contributed by atoms with Gasteiger partial charge in [-0.25, -0.2) is 8.42 Å². The summed E-state index contributed by atoms with van der Waals surface area (Å²) in [4.78, 5) is 14.1. The second-order valence-electron chi connectivity index (χ2n) is 8.20. The number of sulfonamides is 1. The van der Waals surface area contributed by atoms with Gasteiger partial charge in [-0.15, -0.1) is 10.2 Å². The van der Waals surface area contributed by atoms with E-state index in [9.17, 15) is 13.2 Å². The van der Waals surface area contributed by atoms with E-state index in [0.29, 0.717) is 31.9 Å². The fourth-order valence-electron chi connectivity index (χ4n) is 3.56. The maximum atomic E-state index is 13.1. The summed E-state index contributed by atoms with van der Waals surface area (Å²) >= 11 is 0. The minimum atomic E-state index is -3.61. The van der Waals surface area contributed by atoms with E-state index in [1.165, 1.54) is 16.4 Å². The molecule has 8 nitrogen and oxygen atoms in total. The number of aromatic nitrogens is 2. The Hall–Kier alpha value is -3.30. The summed E-state index contributed by atoms with van der Waals surface area (Å²) in [5.41, 5.74) is 2.38. The van der Waals surface area contributed by atoms with Gasteiger partial charge in [-0.1, -0.05) is 44.2 Å². The molecular weight excluding hydrogens is 438 g/mol. The second kappa shape index (κ2) is 9.68. The van der Waals surface area contributed by atoms with Crippen LogP contribution in [-0.2, 0) is 14.8 Å². The maximum Gasteiger partial charge on any atom is 0.243 e. The summed E-state index contributed by atoms with van der Waals surface area (Å²) in [5.74, 6) is 0.475. The first-order chi connectivity index (χ1) is 15.8. The number of rotatable bonds is 6. The highest BCUT2D eigenvalue weighted by Crippen LogP contribution is 2.23. The van der Waals surface area contributed by atoms with Gasteiger partial charge in [0, 0.05) is 43.3 Å². The van der Waals surface area contributed by atoms with Crippen LogP contribution < -0.4 is 10.2 Å². The Balaban J connectivity index is 1.38. The van der Waals surface area contributed by atoms with Crippen molar-refractivity contribution in [2.45, 2.75) is 18.7 Å². The van der Waals surface area contributed by atoms with Crippen molar-refractivity contribution in [2.75, 3.05) is 36.4 Å². The highest BCUT2D eigenvalue weighted by molar-refractivity contribution is 7.89. The van der Waals surface area contributed by atoms with E-state index in [4.69, 9.17) is 0 Å². The largest absolute Gasteiger partial charge is 0.352 e. The lowest BCUT2D eigenvalue weighted by Crippen LogP contribution is -2.49. The molecule has 0 spiro atoms. The summed E-state index contributed by atoms with van der Waals surface area (Å²) < 4.78 is 27.6. The molecule has 9 heteroatoms. The zero-order valence-corrected chi connectivity index (χ0v) is 19.5. The van der Waals surface area contributed by atoms with Crippen molar-refractivity contribution in [3.8, 4) is 11.3 Å². The Morgan fingerprint density at radius 2 is 1.55 bits per heavy atom. The Bertz CT molecular complexity index is 1190. The molecule has 1 N–H and O–H groups in total. The number of carbonyl (C=O) groups is 1. The number of carbonyl (C=O) groups excluding carboxylic acids is 1. The van der Waals surface area contributed by atoms with Crippen molar-refractivity contribution in [1.29, 1.82) is 0 Å². The highest BCUT2D eigenvalue weighted by atomic mass is 32.2. The smallest absolute Gasteiger partial charge is 0.243 e. The van der Waals surface area contributed by atoms with Gasteiger partial charge in [0.2, 0.25) is 15.9 Å². The molecule has 1 fully saturated rings. The normalized spacial score (nSPS) is 14.9. The van der Waals surface area contributed by atoms with Gasteiger partial charge in [0.1, 0.15) is 0 Å². The summed E-state index contributed by atoms with van der Waals surface area (Å²) in [6, 6.07) is 20.0. The van der Waals surface area contributed by atoms with Gasteiger partial charge in [0.25, 0.3) is 0 Å². The molecule has 0 atom stereocenters. The molecule has 33 heavy (non-hydrogen) atoms. The molecule has 3 aromatic rings. The number of hydrogen-bond acceptors (Lipinski definition) is 6. The lowest BCUT2D eigenvalue weighted by molar-refractivity contribution is -0.118. The third kappa shape index (κ3) is 5.20. The standard InChI is InChI=1S/C24H27N5O3S/c1-18(2)24(30)25-20-8-10-21(11-9-20)33(31,32)29-16-14-28(15-17-29)23-13-12-22(26-27-23)19-6-4-3-5-7-19/h3-13,18H,14-17H2,1-2H3,(H,25,30). The molecular formula is C24H27N5O3S. The molecule has 1 aromatic heterocycles. The molecule has 1 amide bonds. The lowest BCUT2D eigenvalue weighted by atomic mass is 10.1. The number of anilines is 2. The predicted octanol–water partition coefficient (Wildman–Crippen LogP) is 3.25. The molecule has 2 heterocycles. The molecule has 1 aliphatic rings. The summed E-state index contributed by atoms with van der Waals surface area (Å²) in [6.07, 6.45) is 0. The molecule has 172 valence electrons. The van der Waals surface area contributed by atoms with Crippen LogP contribution in [0.25, 0.3) is 11.3 Å². The van der Waals surface area contributed by atoms with Gasteiger partial charge in [-0.2, -0.15) is 4.31 Å². The first kappa shape index (κ1) is 22.9. The van der Waals surface area contributed by atoms with Crippen molar-refractivity contribution in [3.63, 3.8) is 0 Å². The van der Waals surface area contributed by atoms with Gasteiger partial charge in [-0.05, 0) is 36.4 Å². The van der Waals surface area contributed by atoms with Crippen LogP contribution in [0.1, 0.15) is 13.8 Å². The van der Waals surface area contributed by atoms with Crippen LogP contribution in [0, 0.1) is 5.92 Å². The van der Waals surface area contributed by atoms with Crippen molar-refractivity contribution in [1.82, 2.24) is 14.5 Å². The van der Waals surface area contributed by atoms with E-state index in [1.54, 1.807) is 26.0 Å². The van der Waals surface area contributed by atoms with Crippen LogP contribution in [0.3, 0.4) is 0 Å². The Morgan fingerprint density at radius 1 is 0.879 bits per heavy atom. The number of nitrogens with one attached hydrogen (secondary N) is 1. The fraction of sp³-hybridized carbons (Fsp3) is 0.292. The van der Waals surface area contributed by atoms with E-state index in [2.05, 4.69) is 15.5 Å². The van der Waals surface area contributed by atoms with Crippen LogP contribution >= 0.6 is 0 Å². The molecule has 0 aliphatic carbocycles. The predicted molar refractivity (Wildman–Crippen MR) is 128 cm³/mol. The minimum absolute atomic E-state index is 0.110. The fourth-order valence-corrected chi connectivity index (χ4v) is 4.98. The first-order valence-corrected chi connectivity index (χ1v) is 12.3. The molecule has 1 aliphatic heterocycles. The van der Waals surface area contributed by atoms with Crippen LogP contribution in [0.2, 0.25) is 0 Å². The highest BCUT2D eigenvalue weighted by Gasteiger charge is 2.29. The zero-order chi connectivity index (χ0) is 23.4. The molecule has 1 saturated heterocycles. The number of benzene rings is 2. The molecule has 0 unspecified atom stereocenters.